The summed E-state index contributed by atoms with van der Waals surface area (Å²) in [6.07, 6.45) is 9.44. The Morgan fingerprint density at radius 2 is 1.71 bits per heavy atom. The molecule has 0 unspecified atom stereocenters. The molecule has 1 rings (SSSR count). The van der Waals surface area contributed by atoms with E-state index >= 15 is 0 Å². The van der Waals surface area contributed by atoms with E-state index in [-0.39, 0.29) is 0 Å². The highest BCUT2D eigenvalue weighted by atomic mass is 14.9. The molecule has 0 atom stereocenters. The highest BCUT2D eigenvalue weighted by Crippen LogP contribution is 2.35. The van der Waals surface area contributed by atoms with E-state index in [1.54, 1.807) is 0 Å². The van der Waals surface area contributed by atoms with Crippen LogP contribution in [0.1, 0.15) is 65.7 Å². The molecule has 1 fully saturated rings. The number of nitrogens with one attached hydrogen (secondary N) is 1. The Kier molecular flexibility index (Phi) is 5.94. The van der Waals surface area contributed by atoms with Gasteiger partial charge in [0.25, 0.3) is 0 Å². The van der Waals surface area contributed by atoms with Crippen LogP contribution in [0, 0.1) is 10.8 Å². The lowest BCUT2D eigenvalue weighted by Gasteiger charge is -2.36. The van der Waals surface area contributed by atoms with Crippen molar-refractivity contribution in [1.82, 2.24) is 5.32 Å². The smallest absolute Gasteiger partial charge is 0.00199 e. The molecule has 0 aromatic carbocycles. The Balaban J connectivity index is 2.34. The number of hydrogen-bond donors (Lipinski definition) is 2. The Labute approximate surface area is 108 Å². The second-order valence-corrected chi connectivity index (χ2v) is 6.39. The van der Waals surface area contributed by atoms with Crippen LogP contribution in [0.3, 0.4) is 0 Å². The standard InChI is InChI=1S/C15H32N2/c1-4-15(5-2,11-16)13-17-12-14(3)9-7-6-8-10-14/h17H,4-13,16H2,1-3H3. The van der Waals surface area contributed by atoms with Crippen molar-refractivity contribution in [3.8, 4) is 0 Å². The average Bonchev–Trinajstić information content (AvgIpc) is 2.36. The van der Waals surface area contributed by atoms with E-state index in [4.69, 9.17) is 5.73 Å². The van der Waals surface area contributed by atoms with Gasteiger partial charge in [-0.15, -0.1) is 0 Å². The van der Waals surface area contributed by atoms with Crippen LogP contribution in [-0.2, 0) is 0 Å². The predicted molar refractivity (Wildman–Crippen MR) is 76.1 cm³/mol. The van der Waals surface area contributed by atoms with Crippen LogP contribution in [0.15, 0.2) is 0 Å². The zero-order chi connectivity index (χ0) is 12.8. The van der Waals surface area contributed by atoms with Gasteiger partial charge in [-0.3, -0.25) is 0 Å². The molecule has 1 aliphatic carbocycles. The molecule has 0 aliphatic heterocycles. The maximum Gasteiger partial charge on any atom is 0.00199 e. The third kappa shape index (κ3) is 4.26. The summed E-state index contributed by atoms with van der Waals surface area (Å²) in [7, 11) is 0. The second kappa shape index (κ2) is 6.75. The van der Waals surface area contributed by atoms with Gasteiger partial charge in [0, 0.05) is 13.1 Å². The van der Waals surface area contributed by atoms with E-state index in [1.165, 1.54) is 51.5 Å². The third-order valence-corrected chi connectivity index (χ3v) is 5.05. The minimum atomic E-state index is 0.324. The topological polar surface area (TPSA) is 38.0 Å². The summed E-state index contributed by atoms with van der Waals surface area (Å²) in [5, 5.41) is 3.71. The van der Waals surface area contributed by atoms with Crippen LogP contribution in [0.4, 0.5) is 0 Å². The molecule has 1 saturated carbocycles. The molecule has 0 spiro atoms. The molecule has 0 radical (unpaired) electrons. The van der Waals surface area contributed by atoms with Gasteiger partial charge in [0.2, 0.25) is 0 Å². The number of hydrogen-bond acceptors (Lipinski definition) is 2. The fraction of sp³-hybridized carbons (Fsp3) is 1.00. The lowest BCUT2D eigenvalue weighted by Crippen LogP contribution is -2.43. The van der Waals surface area contributed by atoms with Gasteiger partial charge in [-0.1, -0.05) is 40.0 Å². The third-order valence-electron chi connectivity index (χ3n) is 5.05. The van der Waals surface area contributed by atoms with Crippen LogP contribution in [0.5, 0.6) is 0 Å². The first-order valence-corrected chi connectivity index (χ1v) is 7.50. The van der Waals surface area contributed by atoms with Crippen molar-refractivity contribution in [1.29, 1.82) is 0 Å². The maximum absolute atomic E-state index is 5.94. The van der Waals surface area contributed by atoms with Gasteiger partial charge in [0.05, 0.1) is 0 Å². The summed E-state index contributed by atoms with van der Waals surface area (Å²) in [6, 6.07) is 0. The maximum atomic E-state index is 5.94. The monoisotopic (exact) mass is 240 g/mol. The Bertz CT molecular complexity index is 195. The van der Waals surface area contributed by atoms with E-state index in [0.717, 1.165) is 13.1 Å². The average molecular weight is 240 g/mol. The molecule has 0 bridgehead atoms. The fourth-order valence-electron chi connectivity index (χ4n) is 3.07. The molecule has 1 aliphatic rings. The molecular weight excluding hydrogens is 208 g/mol. The normalized spacial score (nSPS) is 20.5. The fourth-order valence-corrected chi connectivity index (χ4v) is 3.07. The first-order chi connectivity index (χ1) is 8.10. The van der Waals surface area contributed by atoms with Gasteiger partial charge in [0.15, 0.2) is 0 Å². The lowest BCUT2D eigenvalue weighted by atomic mass is 9.75. The molecule has 0 aromatic rings. The molecule has 102 valence electrons. The highest BCUT2D eigenvalue weighted by molar-refractivity contribution is 4.84. The van der Waals surface area contributed by atoms with Crippen molar-refractivity contribution >= 4 is 0 Å². The van der Waals surface area contributed by atoms with E-state index in [1.807, 2.05) is 0 Å². The highest BCUT2D eigenvalue weighted by Gasteiger charge is 2.28. The molecule has 0 aromatic heterocycles. The molecule has 2 nitrogen and oxygen atoms in total. The molecule has 0 heterocycles. The van der Waals surface area contributed by atoms with Crippen LogP contribution in [0.25, 0.3) is 0 Å². The van der Waals surface area contributed by atoms with Crippen LogP contribution >= 0.6 is 0 Å². The van der Waals surface area contributed by atoms with Crippen LogP contribution in [-0.4, -0.2) is 19.6 Å². The van der Waals surface area contributed by atoms with E-state index < -0.39 is 0 Å². The van der Waals surface area contributed by atoms with Gasteiger partial charge in [-0.25, -0.2) is 0 Å². The Morgan fingerprint density at radius 1 is 1.12 bits per heavy atom. The van der Waals surface area contributed by atoms with Crippen molar-refractivity contribution in [3.05, 3.63) is 0 Å². The van der Waals surface area contributed by atoms with Gasteiger partial charge in [-0.05, 0) is 43.1 Å². The summed E-state index contributed by atoms with van der Waals surface area (Å²) >= 11 is 0. The molecule has 0 saturated heterocycles. The van der Waals surface area contributed by atoms with Gasteiger partial charge in [-0.2, -0.15) is 0 Å². The van der Waals surface area contributed by atoms with E-state index in [9.17, 15) is 0 Å². The SMILES string of the molecule is CCC(CC)(CN)CNCC1(C)CCCCC1. The van der Waals surface area contributed by atoms with Crippen molar-refractivity contribution in [2.45, 2.75) is 65.7 Å². The minimum absolute atomic E-state index is 0.324. The predicted octanol–water partition coefficient (Wildman–Crippen LogP) is 3.31. The van der Waals surface area contributed by atoms with Crippen molar-refractivity contribution in [2.24, 2.45) is 16.6 Å². The lowest BCUT2D eigenvalue weighted by molar-refractivity contribution is 0.185. The molecule has 0 amide bonds. The van der Waals surface area contributed by atoms with Crippen molar-refractivity contribution < 1.29 is 0 Å². The van der Waals surface area contributed by atoms with Crippen LogP contribution in [0.2, 0.25) is 0 Å². The van der Waals surface area contributed by atoms with E-state index in [2.05, 4.69) is 26.1 Å². The number of rotatable bonds is 7. The van der Waals surface area contributed by atoms with Gasteiger partial charge >= 0.3 is 0 Å². The largest absolute Gasteiger partial charge is 0.330 e. The summed E-state index contributed by atoms with van der Waals surface area (Å²) in [4.78, 5) is 0. The van der Waals surface area contributed by atoms with Crippen molar-refractivity contribution in [2.75, 3.05) is 19.6 Å². The zero-order valence-corrected chi connectivity index (χ0v) is 12.1. The Hall–Kier alpha value is -0.0800. The molecule has 2 heteroatoms. The minimum Gasteiger partial charge on any atom is -0.330 e. The summed E-state index contributed by atoms with van der Waals surface area (Å²) < 4.78 is 0. The Morgan fingerprint density at radius 3 is 2.18 bits per heavy atom. The summed E-state index contributed by atoms with van der Waals surface area (Å²) in [5.74, 6) is 0. The first-order valence-electron chi connectivity index (χ1n) is 7.50. The van der Waals surface area contributed by atoms with Gasteiger partial charge in [0.1, 0.15) is 0 Å². The second-order valence-electron chi connectivity index (χ2n) is 6.39. The number of nitrogens with two attached hydrogens (primary N) is 1. The zero-order valence-electron chi connectivity index (χ0n) is 12.1. The molecule has 3 N–H and O–H groups in total. The molecular formula is C15H32N2. The summed E-state index contributed by atoms with van der Waals surface area (Å²) in [5.41, 5.74) is 6.81. The van der Waals surface area contributed by atoms with Gasteiger partial charge < -0.3 is 11.1 Å². The quantitative estimate of drug-likeness (QED) is 0.716. The molecule has 17 heavy (non-hydrogen) atoms. The van der Waals surface area contributed by atoms with Crippen molar-refractivity contribution in [3.63, 3.8) is 0 Å². The van der Waals surface area contributed by atoms with Crippen LogP contribution < -0.4 is 11.1 Å². The van der Waals surface area contributed by atoms with E-state index in [0.29, 0.717) is 10.8 Å². The summed E-state index contributed by atoms with van der Waals surface area (Å²) in [6.45, 7) is 10.0. The first kappa shape index (κ1) is 15.0.